The summed E-state index contributed by atoms with van der Waals surface area (Å²) in [4.78, 5) is 5.04. The van der Waals surface area contributed by atoms with Crippen molar-refractivity contribution in [3.8, 4) is 0 Å². The monoisotopic (exact) mass is 499 g/mol. The molecule has 0 rings (SSSR count). The number of nitrogens with zero attached hydrogens (tertiary/aromatic N) is 2. The number of hydrogen-bond acceptors (Lipinski definition) is 3. The first kappa shape index (κ1) is 36.3. The third-order valence-electron chi connectivity index (χ3n) is 6.37. The highest BCUT2D eigenvalue weighted by Crippen LogP contribution is 2.11. The van der Waals surface area contributed by atoms with Gasteiger partial charge in [-0.25, -0.2) is 0 Å². The van der Waals surface area contributed by atoms with Gasteiger partial charge in [0.1, 0.15) is 0 Å². The third-order valence-corrected chi connectivity index (χ3v) is 6.37. The third kappa shape index (κ3) is 21.4. The van der Waals surface area contributed by atoms with Gasteiger partial charge < -0.3 is 10.6 Å². The van der Waals surface area contributed by atoms with Crippen molar-refractivity contribution in [3.63, 3.8) is 0 Å². The minimum Gasteiger partial charge on any atom is -0.401 e. The molecular weight excluding hydrogens is 438 g/mol. The van der Waals surface area contributed by atoms with Crippen LogP contribution in [0.4, 0.5) is 0 Å². The fraction of sp³-hybridized carbons (Fsp3) is 0.636. The standard InChI is InChI=1S/C24H45N3.C9H16/c1-8-14-22(6)15-12-11-13-17-27(19-21(4)5)18-16-24(10-3)26(7)20-23(25)9-2;1-5-6-7-9(4)8(2)3/h8-9,12,14-15,21,24H,1,10-11,13,16-20,25H2,2-7H3;5-8H,1-4H3/b15-12-,22-14-,23-9-;6-5-,9-7+. The van der Waals surface area contributed by atoms with E-state index in [4.69, 9.17) is 5.73 Å². The predicted molar refractivity (Wildman–Crippen MR) is 166 cm³/mol. The molecule has 0 aliphatic heterocycles. The molecule has 0 saturated carbocycles. The molecule has 0 bridgehead atoms. The van der Waals surface area contributed by atoms with Crippen LogP contribution in [0.1, 0.15) is 88.0 Å². The summed E-state index contributed by atoms with van der Waals surface area (Å²) in [7, 11) is 2.20. The van der Waals surface area contributed by atoms with Crippen molar-refractivity contribution in [2.24, 2.45) is 17.6 Å². The van der Waals surface area contributed by atoms with Crippen LogP contribution in [0, 0.1) is 11.8 Å². The van der Waals surface area contributed by atoms with Crippen molar-refractivity contribution in [1.29, 1.82) is 0 Å². The van der Waals surface area contributed by atoms with Crippen LogP contribution in [0.15, 0.2) is 72.0 Å². The van der Waals surface area contributed by atoms with Gasteiger partial charge in [0, 0.05) is 24.8 Å². The Hall–Kier alpha value is -1.84. The zero-order valence-corrected chi connectivity index (χ0v) is 25.7. The molecule has 0 aliphatic carbocycles. The molecule has 3 heteroatoms. The van der Waals surface area contributed by atoms with E-state index in [9.17, 15) is 0 Å². The van der Waals surface area contributed by atoms with Gasteiger partial charge in [0.15, 0.2) is 0 Å². The summed E-state index contributed by atoms with van der Waals surface area (Å²) < 4.78 is 0. The molecule has 0 aromatic heterocycles. The van der Waals surface area contributed by atoms with Crippen LogP contribution in [0.3, 0.4) is 0 Å². The lowest BCUT2D eigenvalue weighted by Gasteiger charge is -2.31. The molecular formula is C33H61N3. The van der Waals surface area contributed by atoms with E-state index in [-0.39, 0.29) is 0 Å². The Morgan fingerprint density at radius 3 is 2.19 bits per heavy atom. The first-order chi connectivity index (χ1) is 17.0. The number of hydrogen-bond donors (Lipinski definition) is 1. The summed E-state index contributed by atoms with van der Waals surface area (Å²) >= 11 is 0. The molecule has 0 aromatic rings. The van der Waals surface area contributed by atoms with Gasteiger partial charge in [-0.05, 0) is 85.4 Å². The van der Waals surface area contributed by atoms with Crippen LogP contribution in [0.5, 0.6) is 0 Å². The Morgan fingerprint density at radius 1 is 1.03 bits per heavy atom. The van der Waals surface area contributed by atoms with Gasteiger partial charge in [-0.1, -0.05) is 101 Å². The Morgan fingerprint density at radius 2 is 1.69 bits per heavy atom. The lowest BCUT2D eigenvalue weighted by molar-refractivity contribution is 0.185. The summed E-state index contributed by atoms with van der Waals surface area (Å²) in [5, 5.41) is 0. The van der Waals surface area contributed by atoms with Gasteiger partial charge >= 0.3 is 0 Å². The first-order valence-electron chi connectivity index (χ1n) is 14.1. The average Bonchev–Trinajstić information content (AvgIpc) is 2.82. The Bertz CT molecular complexity index is 692. The molecule has 1 unspecified atom stereocenters. The number of likely N-dealkylation sites (N-methyl/N-ethyl adjacent to an activating group) is 1. The number of rotatable bonds is 17. The van der Waals surface area contributed by atoms with Gasteiger partial charge in [0.05, 0.1) is 0 Å². The normalized spacial score (nSPS) is 14.4. The van der Waals surface area contributed by atoms with Crippen molar-refractivity contribution in [2.45, 2.75) is 94.0 Å². The second-order valence-corrected chi connectivity index (χ2v) is 10.6. The Labute approximate surface area is 226 Å². The number of allylic oxidation sites excluding steroid dienone is 10. The lowest BCUT2D eigenvalue weighted by Crippen LogP contribution is -2.38. The molecule has 1 atom stereocenters. The van der Waals surface area contributed by atoms with Crippen LogP contribution in [0.25, 0.3) is 0 Å². The van der Waals surface area contributed by atoms with Gasteiger partial charge in [0.25, 0.3) is 0 Å². The summed E-state index contributed by atoms with van der Waals surface area (Å²) in [5.74, 6) is 1.39. The minimum atomic E-state index is 0.588. The zero-order chi connectivity index (χ0) is 27.9. The molecule has 0 aliphatic rings. The fourth-order valence-electron chi connectivity index (χ4n) is 3.77. The van der Waals surface area contributed by atoms with Crippen LogP contribution in [-0.2, 0) is 0 Å². The molecule has 208 valence electrons. The molecule has 0 saturated heterocycles. The van der Waals surface area contributed by atoms with Crippen molar-refractivity contribution in [3.05, 3.63) is 72.0 Å². The molecule has 3 nitrogen and oxygen atoms in total. The van der Waals surface area contributed by atoms with Crippen molar-refractivity contribution in [1.82, 2.24) is 9.80 Å². The van der Waals surface area contributed by atoms with E-state index >= 15 is 0 Å². The van der Waals surface area contributed by atoms with Crippen molar-refractivity contribution >= 4 is 0 Å². The summed E-state index contributed by atoms with van der Waals surface area (Å²) in [6.07, 6.45) is 21.4. The second kappa shape index (κ2) is 23.6. The Balaban J connectivity index is 0. The predicted octanol–water partition coefficient (Wildman–Crippen LogP) is 8.54. The molecule has 0 aromatic carbocycles. The van der Waals surface area contributed by atoms with Crippen molar-refractivity contribution in [2.75, 3.05) is 33.2 Å². The van der Waals surface area contributed by atoms with E-state index in [2.05, 4.69) is 96.2 Å². The summed E-state index contributed by atoms with van der Waals surface area (Å²) in [6, 6.07) is 0.588. The first-order valence-corrected chi connectivity index (χ1v) is 14.1. The smallest absolute Gasteiger partial charge is 0.0376 e. The zero-order valence-electron chi connectivity index (χ0n) is 25.7. The summed E-state index contributed by atoms with van der Waals surface area (Å²) in [6.45, 7) is 27.7. The van der Waals surface area contributed by atoms with Gasteiger partial charge in [-0.3, -0.25) is 4.90 Å². The minimum absolute atomic E-state index is 0.588. The molecule has 0 radical (unpaired) electrons. The van der Waals surface area contributed by atoms with Gasteiger partial charge in [-0.2, -0.15) is 0 Å². The van der Waals surface area contributed by atoms with Crippen LogP contribution in [0.2, 0.25) is 0 Å². The van der Waals surface area contributed by atoms with E-state index < -0.39 is 0 Å². The molecule has 2 N–H and O–H groups in total. The molecule has 0 heterocycles. The maximum Gasteiger partial charge on any atom is 0.0376 e. The molecule has 36 heavy (non-hydrogen) atoms. The van der Waals surface area contributed by atoms with E-state index in [1.807, 2.05) is 38.2 Å². The van der Waals surface area contributed by atoms with Gasteiger partial charge in [0.2, 0.25) is 0 Å². The van der Waals surface area contributed by atoms with E-state index in [0.717, 1.165) is 25.2 Å². The number of nitrogens with two attached hydrogens (primary N) is 1. The molecule has 0 spiro atoms. The Kier molecular flexibility index (Phi) is 23.8. The fourth-order valence-corrected chi connectivity index (χ4v) is 3.77. The quantitative estimate of drug-likeness (QED) is 0.161. The average molecular weight is 500 g/mol. The van der Waals surface area contributed by atoms with E-state index in [1.165, 1.54) is 43.5 Å². The maximum absolute atomic E-state index is 6.02. The second-order valence-electron chi connectivity index (χ2n) is 10.6. The summed E-state index contributed by atoms with van der Waals surface area (Å²) in [5.41, 5.74) is 9.68. The highest BCUT2D eigenvalue weighted by Gasteiger charge is 2.15. The highest BCUT2D eigenvalue weighted by atomic mass is 15.2. The SMILES string of the molecule is C/C=C\C=C(/C)C(C)C.C=C/C=C(C)\C=C/CCCN(CCC(CC)N(C)C/C(N)=C/C)CC(C)C. The largest absolute Gasteiger partial charge is 0.401 e. The van der Waals surface area contributed by atoms with Crippen LogP contribution < -0.4 is 5.73 Å². The molecule has 0 amide bonds. The highest BCUT2D eigenvalue weighted by molar-refractivity contribution is 5.20. The van der Waals surface area contributed by atoms with Crippen molar-refractivity contribution < 1.29 is 0 Å². The lowest BCUT2D eigenvalue weighted by atomic mass is 10.1. The maximum atomic E-state index is 6.02. The van der Waals surface area contributed by atoms with E-state index in [1.54, 1.807) is 0 Å². The molecule has 0 fully saturated rings. The van der Waals surface area contributed by atoms with Crippen LogP contribution >= 0.6 is 0 Å². The van der Waals surface area contributed by atoms with Crippen LogP contribution in [-0.4, -0.2) is 49.1 Å². The van der Waals surface area contributed by atoms with Gasteiger partial charge in [-0.15, -0.1) is 0 Å². The topological polar surface area (TPSA) is 32.5 Å². The van der Waals surface area contributed by atoms with E-state index in [0.29, 0.717) is 17.9 Å². The number of unbranched alkanes of at least 4 members (excludes halogenated alkanes) is 1.